The molecule has 0 aliphatic heterocycles. The SMILES string of the molecule is COCCN(C(C)C)C(CN)c1ccc(Br)c(Cl)c1. The van der Waals surface area contributed by atoms with Crippen LogP contribution in [0.3, 0.4) is 0 Å². The van der Waals surface area contributed by atoms with Gasteiger partial charge in [-0.25, -0.2) is 0 Å². The van der Waals surface area contributed by atoms with E-state index in [1.807, 2.05) is 12.1 Å². The summed E-state index contributed by atoms with van der Waals surface area (Å²) in [5.41, 5.74) is 7.11. The summed E-state index contributed by atoms with van der Waals surface area (Å²) in [6.07, 6.45) is 0. The molecule has 0 aromatic heterocycles. The Labute approximate surface area is 129 Å². The molecule has 2 N–H and O–H groups in total. The molecule has 0 aliphatic rings. The second kappa shape index (κ2) is 8.22. The number of halogens is 2. The first kappa shape index (κ1) is 16.9. The molecule has 0 saturated carbocycles. The minimum Gasteiger partial charge on any atom is -0.383 e. The highest BCUT2D eigenvalue weighted by Crippen LogP contribution is 2.29. The van der Waals surface area contributed by atoms with Gasteiger partial charge >= 0.3 is 0 Å². The number of hydrogen-bond acceptors (Lipinski definition) is 3. The average molecular weight is 350 g/mol. The van der Waals surface area contributed by atoms with Crippen LogP contribution in [0.4, 0.5) is 0 Å². The van der Waals surface area contributed by atoms with Gasteiger partial charge in [-0.15, -0.1) is 0 Å². The fraction of sp³-hybridized carbons (Fsp3) is 0.571. The van der Waals surface area contributed by atoms with Crippen LogP contribution in [0.5, 0.6) is 0 Å². The lowest BCUT2D eigenvalue weighted by Crippen LogP contribution is -2.40. The van der Waals surface area contributed by atoms with Crippen LogP contribution in [0.25, 0.3) is 0 Å². The molecule has 0 saturated heterocycles. The third kappa shape index (κ3) is 4.72. The van der Waals surface area contributed by atoms with E-state index in [-0.39, 0.29) is 6.04 Å². The van der Waals surface area contributed by atoms with Gasteiger partial charge in [0.15, 0.2) is 0 Å². The Morgan fingerprint density at radius 1 is 1.42 bits per heavy atom. The van der Waals surface area contributed by atoms with Crippen LogP contribution in [-0.4, -0.2) is 37.7 Å². The molecule has 0 spiro atoms. The van der Waals surface area contributed by atoms with E-state index in [1.54, 1.807) is 7.11 Å². The number of benzene rings is 1. The smallest absolute Gasteiger partial charge is 0.0590 e. The molecule has 1 atom stereocenters. The second-order valence-electron chi connectivity index (χ2n) is 4.75. The van der Waals surface area contributed by atoms with Crippen molar-refractivity contribution in [1.82, 2.24) is 4.90 Å². The lowest BCUT2D eigenvalue weighted by atomic mass is 10.0. The van der Waals surface area contributed by atoms with E-state index in [1.165, 1.54) is 0 Å². The van der Waals surface area contributed by atoms with Crippen LogP contribution < -0.4 is 5.73 Å². The molecule has 3 nitrogen and oxygen atoms in total. The Morgan fingerprint density at radius 3 is 2.58 bits per heavy atom. The highest BCUT2D eigenvalue weighted by atomic mass is 79.9. The van der Waals surface area contributed by atoms with Gasteiger partial charge in [0, 0.05) is 36.8 Å². The lowest BCUT2D eigenvalue weighted by Gasteiger charge is -2.34. The quantitative estimate of drug-likeness (QED) is 0.819. The first-order chi connectivity index (χ1) is 9.01. The monoisotopic (exact) mass is 348 g/mol. The Morgan fingerprint density at radius 2 is 2.11 bits per heavy atom. The zero-order valence-corrected chi connectivity index (χ0v) is 14.0. The van der Waals surface area contributed by atoms with Gasteiger partial charge in [0.05, 0.1) is 11.6 Å². The van der Waals surface area contributed by atoms with Crippen LogP contribution >= 0.6 is 27.5 Å². The molecular formula is C14H22BrClN2O. The number of methoxy groups -OCH3 is 1. The Balaban J connectivity index is 2.97. The van der Waals surface area contributed by atoms with Crippen molar-refractivity contribution in [3.05, 3.63) is 33.3 Å². The molecule has 19 heavy (non-hydrogen) atoms. The minimum absolute atomic E-state index is 0.153. The minimum atomic E-state index is 0.153. The summed E-state index contributed by atoms with van der Waals surface area (Å²) in [7, 11) is 1.71. The van der Waals surface area contributed by atoms with Gasteiger partial charge in [0.1, 0.15) is 0 Å². The molecule has 108 valence electrons. The highest BCUT2D eigenvalue weighted by Gasteiger charge is 2.21. The normalized spacial score (nSPS) is 13.3. The van der Waals surface area contributed by atoms with E-state index in [2.05, 4.69) is 40.7 Å². The molecule has 1 aromatic carbocycles. The van der Waals surface area contributed by atoms with Crippen LogP contribution in [0.1, 0.15) is 25.5 Å². The maximum absolute atomic E-state index is 6.17. The molecular weight excluding hydrogens is 328 g/mol. The molecule has 1 aromatic rings. The highest BCUT2D eigenvalue weighted by molar-refractivity contribution is 9.10. The molecule has 0 fully saturated rings. The number of ether oxygens (including phenoxy) is 1. The third-order valence-corrected chi connectivity index (χ3v) is 4.40. The van der Waals surface area contributed by atoms with Crippen LogP contribution in [0.15, 0.2) is 22.7 Å². The molecule has 1 unspecified atom stereocenters. The van der Waals surface area contributed by atoms with Crippen LogP contribution in [0.2, 0.25) is 5.02 Å². The summed E-state index contributed by atoms with van der Waals surface area (Å²) in [6, 6.07) is 6.56. The van der Waals surface area contributed by atoms with E-state index < -0.39 is 0 Å². The van der Waals surface area contributed by atoms with Crippen molar-refractivity contribution < 1.29 is 4.74 Å². The van der Waals surface area contributed by atoms with Crippen molar-refractivity contribution in [3.63, 3.8) is 0 Å². The first-order valence-corrected chi connectivity index (χ1v) is 7.58. The lowest BCUT2D eigenvalue weighted by molar-refractivity contribution is 0.0979. The van der Waals surface area contributed by atoms with Gasteiger partial charge in [-0.3, -0.25) is 4.90 Å². The van der Waals surface area contributed by atoms with Crippen molar-refractivity contribution in [1.29, 1.82) is 0 Å². The summed E-state index contributed by atoms with van der Waals surface area (Å²) < 4.78 is 6.08. The predicted molar refractivity (Wildman–Crippen MR) is 84.7 cm³/mol. The first-order valence-electron chi connectivity index (χ1n) is 6.41. The molecule has 0 heterocycles. The molecule has 0 radical (unpaired) electrons. The second-order valence-corrected chi connectivity index (χ2v) is 6.01. The number of rotatable bonds is 7. The fourth-order valence-electron chi connectivity index (χ4n) is 2.15. The Bertz CT molecular complexity index is 401. The van der Waals surface area contributed by atoms with Crippen molar-refractivity contribution >= 4 is 27.5 Å². The van der Waals surface area contributed by atoms with Crippen molar-refractivity contribution in [3.8, 4) is 0 Å². The standard InChI is InChI=1S/C14H22BrClN2O/c1-10(2)18(6-7-19-3)14(9-17)11-4-5-12(15)13(16)8-11/h4-5,8,10,14H,6-7,9,17H2,1-3H3. The largest absolute Gasteiger partial charge is 0.383 e. The predicted octanol–water partition coefficient (Wildman–Crippen LogP) is 3.46. The van der Waals surface area contributed by atoms with Gasteiger partial charge in [0.2, 0.25) is 0 Å². The molecule has 5 heteroatoms. The summed E-state index contributed by atoms with van der Waals surface area (Å²) in [5, 5.41) is 0.714. The topological polar surface area (TPSA) is 38.5 Å². The summed E-state index contributed by atoms with van der Waals surface area (Å²) in [6.45, 7) is 6.43. The van der Waals surface area contributed by atoms with Crippen molar-refractivity contribution in [2.24, 2.45) is 5.73 Å². The van der Waals surface area contributed by atoms with E-state index in [0.717, 1.165) is 16.6 Å². The van der Waals surface area contributed by atoms with Crippen molar-refractivity contribution in [2.45, 2.75) is 25.9 Å². The Kier molecular flexibility index (Phi) is 7.32. The van der Waals surface area contributed by atoms with E-state index >= 15 is 0 Å². The molecule has 0 bridgehead atoms. The molecule has 0 aliphatic carbocycles. The summed E-state index contributed by atoms with van der Waals surface area (Å²) in [4.78, 5) is 2.34. The summed E-state index contributed by atoms with van der Waals surface area (Å²) in [5.74, 6) is 0. The number of nitrogens with two attached hydrogens (primary N) is 1. The zero-order valence-electron chi connectivity index (χ0n) is 11.7. The van der Waals surface area contributed by atoms with Gasteiger partial charge in [-0.05, 0) is 47.5 Å². The molecule has 1 rings (SSSR count). The Hall–Kier alpha value is -0.130. The number of hydrogen-bond donors (Lipinski definition) is 1. The van der Waals surface area contributed by atoms with E-state index in [0.29, 0.717) is 24.2 Å². The van der Waals surface area contributed by atoms with E-state index in [9.17, 15) is 0 Å². The van der Waals surface area contributed by atoms with Crippen molar-refractivity contribution in [2.75, 3.05) is 26.8 Å². The zero-order chi connectivity index (χ0) is 14.4. The van der Waals surface area contributed by atoms with E-state index in [4.69, 9.17) is 22.1 Å². The van der Waals surface area contributed by atoms with Gasteiger partial charge in [-0.2, -0.15) is 0 Å². The van der Waals surface area contributed by atoms with Crippen LogP contribution in [0, 0.1) is 0 Å². The van der Waals surface area contributed by atoms with Gasteiger partial charge in [0.25, 0.3) is 0 Å². The third-order valence-electron chi connectivity index (χ3n) is 3.17. The number of nitrogens with zero attached hydrogens (tertiary/aromatic N) is 1. The summed E-state index contributed by atoms with van der Waals surface area (Å²) >= 11 is 9.58. The maximum Gasteiger partial charge on any atom is 0.0590 e. The fourth-order valence-corrected chi connectivity index (χ4v) is 2.59. The average Bonchev–Trinajstić information content (AvgIpc) is 2.37. The van der Waals surface area contributed by atoms with Gasteiger partial charge in [-0.1, -0.05) is 17.7 Å². The maximum atomic E-state index is 6.17. The van der Waals surface area contributed by atoms with Crippen LogP contribution in [-0.2, 0) is 4.74 Å². The molecule has 0 amide bonds. The van der Waals surface area contributed by atoms with Gasteiger partial charge < -0.3 is 10.5 Å².